The monoisotopic (exact) mass is 158 g/mol. The summed E-state index contributed by atoms with van der Waals surface area (Å²) in [5.74, 6) is 0.714. The largest absolute Gasteiger partial charge is 0.333 e. The Balaban J connectivity index is 2.68. The molecule has 0 heterocycles. The van der Waals surface area contributed by atoms with E-state index in [1.807, 2.05) is 12.9 Å². The summed E-state index contributed by atoms with van der Waals surface area (Å²) in [6.45, 7) is 1.87. The van der Waals surface area contributed by atoms with E-state index in [1.54, 1.807) is 11.8 Å². The second kappa shape index (κ2) is 5.17. The summed E-state index contributed by atoms with van der Waals surface area (Å²) in [5, 5.41) is 0. The zero-order valence-electron chi connectivity index (χ0n) is 4.35. The Labute approximate surface area is 54.4 Å². The molecule has 7 heavy (non-hydrogen) atoms. The van der Waals surface area contributed by atoms with Gasteiger partial charge in [-0.2, -0.15) is 0 Å². The molecule has 4 heteroatoms. The average molecular weight is 159 g/mol. The highest BCUT2D eigenvalue weighted by Gasteiger charge is 1.90. The summed E-state index contributed by atoms with van der Waals surface area (Å²) in [4.78, 5) is 0. The normalized spacial score (nSPS) is 14.1. The predicted octanol–water partition coefficient (Wildman–Crippen LogP) is 2.50. The fourth-order valence-electron chi connectivity index (χ4n) is 0.125. The molecule has 0 N–H and O–H groups in total. The molecule has 0 bridgehead atoms. The average Bonchev–Trinajstić information content (AvgIpc) is 1.61. The molecule has 0 aliphatic rings. The zero-order chi connectivity index (χ0) is 5.70. The molecule has 0 radical (unpaired) electrons. The molecule has 0 amide bonds. The van der Waals surface area contributed by atoms with E-state index < -0.39 is 7.50 Å². The summed E-state index contributed by atoms with van der Waals surface area (Å²) in [6.07, 6.45) is 1.98. The highest BCUT2D eigenvalue weighted by molar-refractivity contribution is 7.98. The Morgan fingerprint density at radius 3 is 2.57 bits per heavy atom. The van der Waals surface area contributed by atoms with Crippen LogP contribution in [0.25, 0.3) is 0 Å². The minimum atomic E-state index is -0.655. The first-order valence-electron chi connectivity index (χ1n) is 1.78. The van der Waals surface area contributed by atoms with E-state index in [9.17, 15) is 0 Å². The number of hydrogen-bond donors (Lipinski definition) is 0. The highest BCUT2D eigenvalue weighted by Crippen LogP contribution is 2.37. The summed E-state index contributed by atoms with van der Waals surface area (Å²) in [7, 11) is -0.655. The third-order valence-corrected chi connectivity index (χ3v) is 1.65. The summed E-state index contributed by atoms with van der Waals surface area (Å²) >= 11 is 7.13. The molecule has 1 atom stereocenters. The molecule has 0 rings (SSSR count). The first kappa shape index (κ1) is 8.03. The van der Waals surface area contributed by atoms with E-state index in [4.69, 9.17) is 15.8 Å². The highest BCUT2D eigenvalue weighted by atomic mass is 35.7. The van der Waals surface area contributed by atoms with Gasteiger partial charge in [0.25, 0.3) is 0 Å². The van der Waals surface area contributed by atoms with Crippen molar-refractivity contribution in [3.63, 3.8) is 0 Å². The van der Waals surface area contributed by atoms with Gasteiger partial charge in [-0.15, -0.1) is 11.8 Å². The van der Waals surface area contributed by atoms with Crippen molar-refractivity contribution in [2.24, 2.45) is 0 Å². The van der Waals surface area contributed by atoms with Gasteiger partial charge in [-0.3, -0.25) is 0 Å². The van der Waals surface area contributed by atoms with Crippen LogP contribution >= 0.6 is 30.5 Å². The predicted molar refractivity (Wildman–Crippen MR) is 38.2 cm³/mol. The third-order valence-electron chi connectivity index (χ3n) is 0.348. The van der Waals surface area contributed by atoms with Gasteiger partial charge in [-0.25, -0.2) is 0 Å². The first-order chi connectivity index (χ1) is 3.27. The van der Waals surface area contributed by atoms with Crippen LogP contribution in [0.1, 0.15) is 0 Å². The minimum absolute atomic E-state index is 0.655. The number of rotatable bonds is 3. The van der Waals surface area contributed by atoms with Crippen molar-refractivity contribution in [1.82, 2.24) is 0 Å². The first-order valence-corrected chi connectivity index (χ1v) is 5.79. The molecule has 0 saturated heterocycles. The van der Waals surface area contributed by atoms with Crippen LogP contribution in [0.2, 0.25) is 0 Å². The fraction of sp³-hybridized carbons (Fsp3) is 1.00. The van der Waals surface area contributed by atoms with Crippen molar-refractivity contribution in [3.8, 4) is 0 Å². The topological polar surface area (TPSA) is 9.23 Å². The standard InChI is InChI=1S/C3H8ClOPS/c1-6(4)5-3-7-2/h3H2,1-2H3. The number of halogens is 1. The molecular weight excluding hydrogens is 151 g/mol. The zero-order valence-corrected chi connectivity index (χ0v) is 6.82. The third kappa shape index (κ3) is 7.03. The van der Waals surface area contributed by atoms with Crippen LogP contribution in [0, 0.1) is 0 Å². The van der Waals surface area contributed by atoms with Gasteiger partial charge < -0.3 is 4.52 Å². The van der Waals surface area contributed by atoms with E-state index in [2.05, 4.69) is 0 Å². The van der Waals surface area contributed by atoms with Gasteiger partial charge in [0.1, 0.15) is 7.50 Å². The van der Waals surface area contributed by atoms with Gasteiger partial charge >= 0.3 is 0 Å². The Morgan fingerprint density at radius 1 is 1.86 bits per heavy atom. The molecule has 0 fully saturated rings. The van der Waals surface area contributed by atoms with Gasteiger partial charge in [0.2, 0.25) is 0 Å². The Bertz CT molecular complexity index is 43.9. The maximum atomic E-state index is 5.49. The van der Waals surface area contributed by atoms with Crippen LogP contribution in [0.3, 0.4) is 0 Å². The number of thioether (sulfide) groups is 1. The lowest BCUT2D eigenvalue weighted by Gasteiger charge is -1.99. The second-order valence-electron chi connectivity index (χ2n) is 0.956. The second-order valence-corrected chi connectivity index (χ2v) is 4.30. The summed E-state index contributed by atoms with van der Waals surface area (Å²) in [5.41, 5.74) is 0. The molecule has 44 valence electrons. The Morgan fingerprint density at radius 2 is 2.43 bits per heavy atom. The van der Waals surface area contributed by atoms with Gasteiger partial charge in [-0.05, 0) is 12.9 Å². The molecular formula is C3H8ClOPS. The molecule has 0 aromatic carbocycles. The van der Waals surface area contributed by atoms with Crippen LogP contribution in [-0.4, -0.2) is 18.9 Å². The Hall–Kier alpha value is 1.03. The van der Waals surface area contributed by atoms with Gasteiger partial charge in [0.15, 0.2) is 0 Å². The van der Waals surface area contributed by atoms with Crippen LogP contribution in [0.15, 0.2) is 0 Å². The fourth-order valence-corrected chi connectivity index (χ4v) is 1.49. The van der Waals surface area contributed by atoms with Crippen molar-refractivity contribution in [2.45, 2.75) is 0 Å². The van der Waals surface area contributed by atoms with Crippen molar-refractivity contribution >= 4 is 30.5 Å². The molecule has 0 spiro atoms. The number of hydrogen-bond acceptors (Lipinski definition) is 2. The lowest BCUT2D eigenvalue weighted by Crippen LogP contribution is -1.74. The Kier molecular flexibility index (Phi) is 5.93. The van der Waals surface area contributed by atoms with Crippen LogP contribution < -0.4 is 0 Å². The van der Waals surface area contributed by atoms with E-state index >= 15 is 0 Å². The smallest absolute Gasteiger partial charge is 0.122 e. The molecule has 0 aromatic heterocycles. The molecule has 0 aliphatic carbocycles. The van der Waals surface area contributed by atoms with Crippen molar-refractivity contribution in [2.75, 3.05) is 18.9 Å². The summed E-state index contributed by atoms with van der Waals surface area (Å²) < 4.78 is 4.98. The van der Waals surface area contributed by atoms with Crippen LogP contribution in [0.4, 0.5) is 0 Å². The van der Waals surface area contributed by atoms with Gasteiger partial charge in [0.05, 0.1) is 5.94 Å². The van der Waals surface area contributed by atoms with Crippen LogP contribution in [-0.2, 0) is 4.52 Å². The SMILES string of the molecule is CSCOP(C)Cl. The van der Waals surface area contributed by atoms with Crippen LogP contribution in [0.5, 0.6) is 0 Å². The van der Waals surface area contributed by atoms with Gasteiger partial charge in [0, 0.05) is 0 Å². The summed E-state index contributed by atoms with van der Waals surface area (Å²) in [6, 6.07) is 0. The lowest BCUT2D eigenvalue weighted by atomic mass is 11.7. The quantitative estimate of drug-likeness (QED) is 0.461. The van der Waals surface area contributed by atoms with Crippen molar-refractivity contribution < 1.29 is 4.52 Å². The lowest BCUT2D eigenvalue weighted by molar-refractivity contribution is 0.450. The molecule has 0 aliphatic heterocycles. The van der Waals surface area contributed by atoms with Crippen molar-refractivity contribution in [3.05, 3.63) is 0 Å². The molecule has 1 unspecified atom stereocenters. The maximum absolute atomic E-state index is 5.49. The van der Waals surface area contributed by atoms with E-state index in [0.717, 1.165) is 0 Å². The van der Waals surface area contributed by atoms with E-state index in [1.165, 1.54) is 0 Å². The van der Waals surface area contributed by atoms with E-state index in [-0.39, 0.29) is 0 Å². The molecule has 0 saturated carbocycles. The molecule has 1 nitrogen and oxygen atoms in total. The van der Waals surface area contributed by atoms with E-state index in [0.29, 0.717) is 5.94 Å². The molecule has 0 aromatic rings. The maximum Gasteiger partial charge on any atom is 0.122 e. The van der Waals surface area contributed by atoms with Gasteiger partial charge in [-0.1, -0.05) is 11.2 Å². The minimum Gasteiger partial charge on any atom is -0.333 e. The van der Waals surface area contributed by atoms with Crippen molar-refractivity contribution in [1.29, 1.82) is 0 Å².